The van der Waals surface area contributed by atoms with E-state index in [1.807, 2.05) is 25.3 Å². The van der Waals surface area contributed by atoms with E-state index in [0.29, 0.717) is 18.7 Å². The molecular weight excluding hydrogens is 433 g/mol. The number of fused-ring (bicyclic) bond motifs is 1. The number of aryl methyl sites for hydroxylation is 1. The lowest BCUT2D eigenvalue weighted by Crippen LogP contribution is -2.39. The highest BCUT2D eigenvalue weighted by Gasteiger charge is 2.49. The lowest BCUT2D eigenvalue weighted by Gasteiger charge is -2.29. The van der Waals surface area contributed by atoms with Gasteiger partial charge in [0.05, 0.1) is 18.2 Å². The number of amides is 1. The van der Waals surface area contributed by atoms with E-state index < -0.39 is 12.1 Å². The number of esters is 1. The van der Waals surface area contributed by atoms with Crippen molar-refractivity contribution in [2.45, 2.75) is 38.5 Å². The summed E-state index contributed by atoms with van der Waals surface area (Å²) in [6, 6.07) is 3.86. The van der Waals surface area contributed by atoms with Gasteiger partial charge in [-0.1, -0.05) is 0 Å². The number of alkyl halides is 3. The van der Waals surface area contributed by atoms with E-state index in [-0.39, 0.29) is 23.4 Å². The van der Waals surface area contributed by atoms with E-state index in [1.165, 1.54) is 0 Å². The molecule has 2 aliphatic rings. The molecule has 0 bridgehead atoms. The molecule has 0 aliphatic carbocycles. The number of pyridine rings is 1. The number of ether oxygens (including phenoxy) is 1. The van der Waals surface area contributed by atoms with Crippen molar-refractivity contribution in [1.82, 2.24) is 20.0 Å². The summed E-state index contributed by atoms with van der Waals surface area (Å²) in [5, 5.41) is 13.3. The van der Waals surface area contributed by atoms with Crippen molar-refractivity contribution < 1.29 is 37.4 Å². The number of aromatic nitrogens is 2. The molecule has 4 rings (SSSR count). The fraction of sp³-hybridized carbons (Fsp3) is 0.500. The largest absolute Gasteiger partial charge is 0.490 e. The summed E-state index contributed by atoms with van der Waals surface area (Å²) in [5.74, 6) is -3.08. The minimum atomic E-state index is -5.08. The Morgan fingerprint density at radius 2 is 2.03 bits per heavy atom. The molecule has 9 nitrogen and oxygen atoms in total. The van der Waals surface area contributed by atoms with Crippen LogP contribution < -0.4 is 10.6 Å². The zero-order valence-corrected chi connectivity index (χ0v) is 17.2. The topological polar surface area (TPSA) is 122 Å². The van der Waals surface area contributed by atoms with Crippen molar-refractivity contribution in [1.29, 1.82) is 0 Å². The smallest absolute Gasteiger partial charge is 0.475 e. The monoisotopic (exact) mass is 456 g/mol. The first-order valence-electron chi connectivity index (χ1n) is 9.96. The first kappa shape index (κ1) is 23.5. The quantitative estimate of drug-likeness (QED) is 0.601. The third kappa shape index (κ3) is 5.18. The Kier molecular flexibility index (Phi) is 6.72. The third-order valence-corrected chi connectivity index (χ3v) is 5.52. The summed E-state index contributed by atoms with van der Waals surface area (Å²) in [7, 11) is 0. The molecule has 2 aliphatic heterocycles. The van der Waals surface area contributed by atoms with Crippen LogP contribution in [-0.4, -0.2) is 64.3 Å². The number of halogens is 3. The Balaban J connectivity index is 0.000000360. The molecular formula is C20H23F3N4O5. The number of hydrogen-bond donors (Lipinski definition) is 3. The van der Waals surface area contributed by atoms with E-state index in [2.05, 4.69) is 15.6 Å². The van der Waals surface area contributed by atoms with Crippen LogP contribution in [0.1, 0.15) is 35.3 Å². The maximum atomic E-state index is 12.5. The Morgan fingerprint density at radius 3 is 2.66 bits per heavy atom. The standard InChI is InChI=1S/C18H22N4O3.C2HF3O2/c1-12-2-7-22-14(11-20-15(22)8-12)16(23)21-10-13-9-18(17(24)25-13)3-5-19-6-4-18;3-2(4,5)1(6)7/h2,7-8,11,13,19H,3-6,9-10H2,1H3,(H,21,23);(H,6,7). The number of imidazole rings is 1. The number of piperidine rings is 1. The molecule has 12 heteroatoms. The SMILES string of the molecule is Cc1ccn2c(C(=O)NCC3CC4(CCNCC4)C(=O)O3)cnc2c1.O=C(O)C(F)(F)F. The van der Waals surface area contributed by atoms with Crippen molar-refractivity contribution in [2.75, 3.05) is 19.6 Å². The number of aliphatic carboxylic acids is 1. The fourth-order valence-corrected chi connectivity index (χ4v) is 3.81. The molecule has 1 amide bonds. The zero-order valence-electron chi connectivity index (χ0n) is 17.2. The molecule has 1 atom stereocenters. The van der Waals surface area contributed by atoms with Crippen LogP contribution in [0.25, 0.3) is 5.65 Å². The Hall–Kier alpha value is -3.15. The van der Waals surface area contributed by atoms with Gasteiger partial charge in [0.2, 0.25) is 0 Å². The average molecular weight is 456 g/mol. The Labute approximate surface area is 180 Å². The number of rotatable bonds is 3. The minimum absolute atomic E-state index is 0.112. The van der Waals surface area contributed by atoms with Crippen molar-refractivity contribution in [3.63, 3.8) is 0 Å². The number of hydrogen-bond acceptors (Lipinski definition) is 6. The molecule has 2 saturated heterocycles. The predicted octanol–water partition coefficient (Wildman–Crippen LogP) is 1.69. The fourth-order valence-electron chi connectivity index (χ4n) is 3.81. The van der Waals surface area contributed by atoms with E-state index in [9.17, 15) is 22.8 Å². The van der Waals surface area contributed by atoms with Crippen molar-refractivity contribution >= 4 is 23.5 Å². The molecule has 174 valence electrons. The van der Waals surface area contributed by atoms with Gasteiger partial charge in [-0.25, -0.2) is 9.78 Å². The van der Waals surface area contributed by atoms with Gasteiger partial charge >= 0.3 is 18.1 Å². The second kappa shape index (κ2) is 9.15. The molecule has 0 radical (unpaired) electrons. The molecule has 4 heterocycles. The molecule has 0 aromatic carbocycles. The van der Waals surface area contributed by atoms with Gasteiger partial charge in [0.15, 0.2) is 0 Å². The highest BCUT2D eigenvalue weighted by molar-refractivity contribution is 5.93. The minimum Gasteiger partial charge on any atom is -0.475 e. The summed E-state index contributed by atoms with van der Waals surface area (Å²) in [4.78, 5) is 37.9. The lowest BCUT2D eigenvalue weighted by molar-refractivity contribution is -0.192. The van der Waals surface area contributed by atoms with Crippen molar-refractivity contribution in [3.05, 3.63) is 35.8 Å². The molecule has 0 saturated carbocycles. The van der Waals surface area contributed by atoms with Gasteiger partial charge < -0.3 is 20.5 Å². The van der Waals surface area contributed by atoms with Gasteiger partial charge in [0.25, 0.3) is 5.91 Å². The van der Waals surface area contributed by atoms with E-state index >= 15 is 0 Å². The normalized spacial score (nSPS) is 19.9. The van der Waals surface area contributed by atoms with Crippen LogP contribution >= 0.6 is 0 Å². The summed E-state index contributed by atoms with van der Waals surface area (Å²) in [6.45, 7) is 4.00. The second-order valence-corrected chi connectivity index (χ2v) is 7.85. The second-order valence-electron chi connectivity index (χ2n) is 7.85. The molecule has 1 unspecified atom stereocenters. The highest BCUT2D eigenvalue weighted by Crippen LogP contribution is 2.41. The maximum Gasteiger partial charge on any atom is 0.490 e. The molecule has 3 N–H and O–H groups in total. The number of nitrogens with zero attached hydrogens (tertiary/aromatic N) is 2. The van der Waals surface area contributed by atoms with Gasteiger partial charge in [-0.2, -0.15) is 13.2 Å². The van der Waals surface area contributed by atoms with Crippen LogP contribution in [0.15, 0.2) is 24.5 Å². The van der Waals surface area contributed by atoms with Crippen LogP contribution in [0.4, 0.5) is 13.2 Å². The highest BCUT2D eigenvalue weighted by atomic mass is 19.4. The summed E-state index contributed by atoms with van der Waals surface area (Å²) in [6.07, 6.45) is 0.368. The zero-order chi connectivity index (χ0) is 23.5. The van der Waals surface area contributed by atoms with Crippen LogP contribution in [0.2, 0.25) is 0 Å². The average Bonchev–Trinajstić information content (AvgIpc) is 3.27. The first-order chi connectivity index (χ1) is 15.0. The van der Waals surface area contributed by atoms with E-state index in [0.717, 1.165) is 37.1 Å². The van der Waals surface area contributed by atoms with Crippen LogP contribution in [0.3, 0.4) is 0 Å². The van der Waals surface area contributed by atoms with Crippen molar-refractivity contribution in [2.24, 2.45) is 5.41 Å². The molecule has 2 aromatic rings. The van der Waals surface area contributed by atoms with Crippen LogP contribution in [0.5, 0.6) is 0 Å². The first-order valence-corrected chi connectivity index (χ1v) is 9.96. The number of cyclic esters (lactones) is 1. The predicted molar refractivity (Wildman–Crippen MR) is 105 cm³/mol. The van der Waals surface area contributed by atoms with Gasteiger partial charge in [-0.3, -0.25) is 14.0 Å². The molecule has 32 heavy (non-hydrogen) atoms. The summed E-state index contributed by atoms with van der Waals surface area (Å²) < 4.78 is 39.0. The van der Waals surface area contributed by atoms with Crippen LogP contribution in [0, 0.1) is 12.3 Å². The van der Waals surface area contributed by atoms with Gasteiger partial charge in [-0.15, -0.1) is 0 Å². The van der Waals surface area contributed by atoms with E-state index in [1.54, 1.807) is 10.6 Å². The Bertz CT molecular complexity index is 1010. The summed E-state index contributed by atoms with van der Waals surface area (Å²) in [5.41, 5.74) is 1.96. The van der Waals surface area contributed by atoms with Gasteiger partial charge in [0, 0.05) is 12.6 Å². The third-order valence-electron chi connectivity index (χ3n) is 5.52. The lowest BCUT2D eigenvalue weighted by atomic mass is 9.76. The van der Waals surface area contributed by atoms with Crippen LogP contribution in [-0.2, 0) is 14.3 Å². The van der Waals surface area contributed by atoms with Crippen molar-refractivity contribution in [3.8, 4) is 0 Å². The number of nitrogens with one attached hydrogen (secondary N) is 2. The summed E-state index contributed by atoms with van der Waals surface area (Å²) >= 11 is 0. The molecule has 2 aromatic heterocycles. The van der Waals surface area contributed by atoms with Gasteiger partial charge in [0.1, 0.15) is 17.4 Å². The number of carbonyl (C=O) groups excluding carboxylic acids is 2. The number of carboxylic acid groups (broad SMARTS) is 1. The maximum absolute atomic E-state index is 12.5. The number of carbonyl (C=O) groups is 3. The number of carboxylic acids is 1. The molecule has 2 fully saturated rings. The molecule has 1 spiro atoms. The Morgan fingerprint density at radius 1 is 1.38 bits per heavy atom. The van der Waals surface area contributed by atoms with E-state index in [4.69, 9.17) is 14.6 Å². The van der Waals surface area contributed by atoms with Gasteiger partial charge in [-0.05, 0) is 50.6 Å².